The van der Waals surface area contributed by atoms with E-state index < -0.39 is 15.2 Å². The van der Waals surface area contributed by atoms with E-state index in [0.717, 1.165) is 77.4 Å². The average molecular weight is 588 g/mol. The van der Waals surface area contributed by atoms with E-state index in [2.05, 4.69) is 13.8 Å². The molecule has 3 rings (SSSR count). The molecule has 228 valence electrons. The number of hydrogen-bond donors (Lipinski definition) is 0. The Morgan fingerprint density at radius 3 is 1.18 bits per heavy atom. The van der Waals surface area contributed by atoms with Crippen molar-refractivity contribution in [1.82, 2.24) is 0 Å². The quantitative estimate of drug-likeness (QED) is 0.105. The minimum absolute atomic E-state index is 0.258. The molecule has 0 heterocycles. The maximum Gasteiger partial charge on any atom is 0.151 e. The van der Waals surface area contributed by atoms with Gasteiger partial charge in [-0.25, -0.2) is 0 Å². The summed E-state index contributed by atoms with van der Waals surface area (Å²) >= 11 is 14.3. The number of alkyl halides is 2. The Hall–Kier alpha value is 0.170. The van der Waals surface area contributed by atoms with Gasteiger partial charge in [-0.3, -0.25) is 4.79 Å². The van der Waals surface area contributed by atoms with Crippen LogP contribution in [0.15, 0.2) is 0 Å². The number of carbonyl (C=O) groups excluding carboxylic acids is 1. The van der Waals surface area contributed by atoms with Crippen LogP contribution in [0.4, 0.5) is 0 Å². The van der Waals surface area contributed by atoms with Crippen molar-refractivity contribution in [3.05, 3.63) is 0 Å². The summed E-state index contributed by atoms with van der Waals surface area (Å²) in [5.41, 5.74) is -1.11. The lowest BCUT2D eigenvalue weighted by molar-refractivity contribution is -0.176. The number of rotatable bonds is 20. The van der Waals surface area contributed by atoms with E-state index in [4.69, 9.17) is 32.7 Å². The molecule has 3 aliphatic carbocycles. The van der Waals surface area contributed by atoms with Crippen LogP contribution < -0.4 is 0 Å². The highest BCUT2D eigenvalue weighted by Gasteiger charge is 2.79. The first kappa shape index (κ1) is 33.7. The molecule has 0 bridgehead atoms. The van der Waals surface area contributed by atoms with Crippen molar-refractivity contribution in [2.45, 2.75) is 184 Å². The monoisotopic (exact) mass is 586 g/mol. The smallest absolute Gasteiger partial charge is 0.151 e. The Kier molecular flexibility index (Phi) is 15.0. The van der Waals surface area contributed by atoms with Crippen molar-refractivity contribution in [3.63, 3.8) is 0 Å². The molecule has 39 heavy (non-hydrogen) atoms. The Morgan fingerprint density at radius 2 is 0.872 bits per heavy atom. The summed E-state index contributed by atoms with van der Waals surface area (Å²) in [6.45, 7) is 6.22. The lowest BCUT2D eigenvalue weighted by Crippen LogP contribution is -2.74. The highest BCUT2D eigenvalue weighted by Crippen LogP contribution is 2.74. The molecule has 2 spiro atoms. The minimum Gasteiger partial charge on any atom is -0.378 e. The highest BCUT2D eigenvalue weighted by atomic mass is 35.5. The largest absolute Gasteiger partial charge is 0.378 e. The Labute approximate surface area is 251 Å². The van der Waals surface area contributed by atoms with Crippen molar-refractivity contribution in [2.75, 3.05) is 13.2 Å². The Balaban J connectivity index is 1.28. The van der Waals surface area contributed by atoms with Crippen LogP contribution in [-0.2, 0) is 14.3 Å². The van der Waals surface area contributed by atoms with Crippen molar-refractivity contribution in [1.29, 1.82) is 0 Å². The first-order chi connectivity index (χ1) is 18.9. The molecule has 0 unspecified atom stereocenters. The van der Waals surface area contributed by atoms with Crippen LogP contribution in [0, 0.1) is 10.8 Å². The molecule has 0 saturated heterocycles. The van der Waals surface area contributed by atoms with Gasteiger partial charge in [0.05, 0.1) is 23.0 Å². The topological polar surface area (TPSA) is 35.5 Å². The summed E-state index contributed by atoms with van der Waals surface area (Å²) in [6, 6.07) is 0. The summed E-state index contributed by atoms with van der Waals surface area (Å²) < 4.78 is 11.5. The van der Waals surface area contributed by atoms with Crippen LogP contribution in [0.3, 0.4) is 0 Å². The van der Waals surface area contributed by atoms with Gasteiger partial charge >= 0.3 is 0 Å². The third-order valence-electron chi connectivity index (χ3n) is 10.3. The van der Waals surface area contributed by atoms with Gasteiger partial charge in [-0.05, 0) is 64.2 Å². The van der Waals surface area contributed by atoms with E-state index in [1.807, 2.05) is 0 Å². The molecule has 3 saturated carbocycles. The Bertz CT molecular complexity index is 624. The summed E-state index contributed by atoms with van der Waals surface area (Å²) in [7, 11) is 0. The molecule has 0 amide bonds. The van der Waals surface area contributed by atoms with Crippen molar-refractivity contribution in [2.24, 2.45) is 10.8 Å². The van der Waals surface area contributed by atoms with Crippen LogP contribution in [0.2, 0.25) is 0 Å². The van der Waals surface area contributed by atoms with Gasteiger partial charge in [0.2, 0.25) is 0 Å². The zero-order valence-electron chi connectivity index (χ0n) is 25.5. The summed E-state index contributed by atoms with van der Waals surface area (Å²) in [6.07, 6.45) is 28.3. The lowest BCUT2D eigenvalue weighted by atomic mass is 9.43. The SMILES string of the molecule is CCCCCCCCCCOC1CC[C@]2(CC1)C(=O)[C@@]1(CCC(OCCCCCCCCCC)CC1)C2(Cl)Cl. The third-order valence-corrected chi connectivity index (χ3v) is 11.8. The van der Waals surface area contributed by atoms with Crippen molar-refractivity contribution in [3.8, 4) is 0 Å². The molecule has 5 heteroatoms. The van der Waals surface area contributed by atoms with Gasteiger partial charge in [0.1, 0.15) is 4.33 Å². The average Bonchev–Trinajstić information content (AvgIpc) is 2.95. The van der Waals surface area contributed by atoms with E-state index in [0.29, 0.717) is 5.78 Å². The second-order valence-corrected chi connectivity index (χ2v) is 14.5. The molecule has 3 fully saturated rings. The Morgan fingerprint density at radius 1 is 0.564 bits per heavy atom. The number of carbonyl (C=O) groups is 1. The first-order valence-corrected chi connectivity index (χ1v) is 17.8. The fourth-order valence-electron chi connectivity index (χ4n) is 7.69. The molecule has 3 aliphatic rings. The number of hydrogen-bond acceptors (Lipinski definition) is 3. The van der Waals surface area contributed by atoms with Crippen molar-refractivity contribution >= 4 is 29.0 Å². The molecular weight excluding hydrogens is 527 g/mol. The minimum atomic E-state index is -0.942. The second kappa shape index (κ2) is 17.3. The third kappa shape index (κ3) is 8.61. The maximum atomic E-state index is 13.7. The number of unbranched alkanes of at least 4 members (excludes halogenated alkanes) is 14. The van der Waals surface area contributed by atoms with E-state index >= 15 is 0 Å². The normalized spacial score (nSPS) is 30.2. The predicted octanol–water partition coefficient (Wildman–Crippen LogP) is 10.9. The van der Waals surface area contributed by atoms with Gasteiger partial charge < -0.3 is 9.47 Å². The second-order valence-electron chi connectivity index (χ2n) is 13.2. The van der Waals surface area contributed by atoms with Crippen LogP contribution in [0.1, 0.15) is 168 Å². The lowest BCUT2D eigenvalue weighted by Gasteiger charge is -2.66. The fourth-order valence-corrected chi connectivity index (χ4v) is 8.79. The highest BCUT2D eigenvalue weighted by molar-refractivity contribution is 6.55. The van der Waals surface area contributed by atoms with Gasteiger partial charge in [-0.1, -0.05) is 127 Å². The van der Waals surface area contributed by atoms with Crippen molar-refractivity contribution < 1.29 is 14.3 Å². The summed E-state index contributed by atoms with van der Waals surface area (Å²) in [4.78, 5) is 13.7. The van der Waals surface area contributed by atoms with Gasteiger partial charge in [0, 0.05) is 13.2 Å². The number of Topliss-reactive ketones (excluding diaryl/α,β-unsaturated/α-hetero) is 1. The standard InChI is InChI=1S/C34H60Cl2O3/c1-3-5-7-9-11-13-15-17-27-38-29-19-23-32(24-20-29)31(37)33(34(32,35)36)25-21-30(22-26-33)39-28-18-16-14-12-10-8-6-4-2/h29-30H,3-28H2,1-2H3/t29?,30?,32-,33-. The van der Waals surface area contributed by atoms with Gasteiger partial charge in [-0.15, -0.1) is 0 Å². The molecular formula is C34H60Cl2O3. The predicted molar refractivity (Wildman–Crippen MR) is 166 cm³/mol. The molecule has 0 N–H and O–H groups in total. The maximum absolute atomic E-state index is 13.7. The van der Waals surface area contributed by atoms with Crippen LogP contribution in [0.25, 0.3) is 0 Å². The van der Waals surface area contributed by atoms with E-state index in [9.17, 15) is 4.79 Å². The molecule has 0 radical (unpaired) electrons. The fraction of sp³-hybridized carbons (Fsp3) is 0.971. The molecule has 0 aromatic rings. The van der Waals surface area contributed by atoms with E-state index in [-0.39, 0.29) is 12.2 Å². The van der Waals surface area contributed by atoms with Gasteiger partial charge in [0.15, 0.2) is 5.78 Å². The first-order valence-electron chi connectivity index (χ1n) is 17.1. The summed E-state index contributed by atoms with van der Waals surface area (Å²) in [5, 5.41) is 0. The number of halogens is 2. The van der Waals surface area contributed by atoms with Crippen LogP contribution in [-0.4, -0.2) is 35.5 Å². The van der Waals surface area contributed by atoms with Crippen LogP contribution >= 0.6 is 23.2 Å². The summed E-state index contributed by atoms with van der Waals surface area (Å²) in [5.74, 6) is 0.350. The molecule has 3 nitrogen and oxygen atoms in total. The zero-order valence-corrected chi connectivity index (χ0v) is 27.0. The van der Waals surface area contributed by atoms with E-state index in [1.165, 1.54) is 89.9 Å². The van der Waals surface area contributed by atoms with E-state index in [1.54, 1.807) is 0 Å². The number of ether oxygens (including phenoxy) is 2. The zero-order chi connectivity index (χ0) is 28.0. The number of ketones is 1. The molecule has 0 aliphatic heterocycles. The van der Waals surface area contributed by atoms with Gasteiger partial charge in [-0.2, -0.15) is 0 Å². The molecule has 0 atom stereocenters. The van der Waals surface area contributed by atoms with Gasteiger partial charge in [0.25, 0.3) is 0 Å². The molecule has 0 aromatic heterocycles. The van der Waals surface area contributed by atoms with Crippen LogP contribution in [0.5, 0.6) is 0 Å². The molecule has 0 aromatic carbocycles.